The van der Waals surface area contributed by atoms with Crippen LogP contribution in [0.5, 0.6) is 0 Å². The van der Waals surface area contributed by atoms with Crippen molar-refractivity contribution >= 4 is 15.9 Å². The summed E-state index contributed by atoms with van der Waals surface area (Å²) in [4.78, 5) is 0. The van der Waals surface area contributed by atoms with E-state index in [1.54, 1.807) is 0 Å². The molecule has 0 N–H and O–H groups in total. The average molecular weight is 243 g/mol. The summed E-state index contributed by atoms with van der Waals surface area (Å²) >= 11 is 3.63. The molecule has 0 saturated heterocycles. The largest absolute Gasteiger partial charge is 0.258 e. The van der Waals surface area contributed by atoms with Crippen molar-refractivity contribution in [1.29, 1.82) is 0 Å². The minimum absolute atomic E-state index is 0.663. The zero-order valence-corrected chi connectivity index (χ0v) is 9.76. The fourth-order valence-electron chi connectivity index (χ4n) is 1.87. The van der Waals surface area contributed by atoms with E-state index in [4.69, 9.17) is 0 Å². The number of halogens is 1. The van der Waals surface area contributed by atoms with E-state index in [9.17, 15) is 0 Å². The number of aromatic nitrogens is 2. The quantitative estimate of drug-likeness (QED) is 0.780. The molecule has 1 aromatic rings. The Balaban J connectivity index is 2.28. The van der Waals surface area contributed by atoms with Crippen molar-refractivity contribution in [1.82, 2.24) is 9.78 Å². The zero-order valence-electron chi connectivity index (χ0n) is 8.18. The summed E-state index contributed by atoms with van der Waals surface area (Å²) < 4.78 is 3.32. The standard InChI is InChI=1S/C10H15BrN2/c1-7(2)6-13-10(11)8-4-3-5-9(8)12-13/h7H,3-6H2,1-2H3. The van der Waals surface area contributed by atoms with Gasteiger partial charge in [-0.25, -0.2) is 0 Å². The van der Waals surface area contributed by atoms with E-state index in [-0.39, 0.29) is 0 Å². The van der Waals surface area contributed by atoms with Gasteiger partial charge in [0.25, 0.3) is 0 Å². The number of rotatable bonds is 2. The summed E-state index contributed by atoms with van der Waals surface area (Å²) in [5.41, 5.74) is 2.76. The van der Waals surface area contributed by atoms with Gasteiger partial charge in [-0.3, -0.25) is 4.68 Å². The van der Waals surface area contributed by atoms with Crippen LogP contribution in [0.25, 0.3) is 0 Å². The van der Waals surface area contributed by atoms with Crippen LogP contribution in [-0.2, 0) is 19.4 Å². The van der Waals surface area contributed by atoms with Crippen LogP contribution in [0, 0.1) is 5.92 Å². The van der Waals surface area contributed by atoms with Crippen LogP contribution in [0.15, 0.2) is 4.60 Å². The Morgan fingerprint density at radius 3 is 2.85 bits per heavy atom. The van der Waals surface area contributed by atoms with Crippen molar-refractivity contribution in [2.24, 2.45) is 5.92 Å². The second-order valence-electron chi connectivity index (χ2n) is 4.15. The van der Waals surface area contributed by atoms with Gasteiger partial charge >= 0.3 is 0 Å². The number of hydrogen-bond acceptors (Lipinski definition) is 1. The highest BCUT2D eigenvalue weighted by atomic mass is 79.9. The molecule has 13 heavy (non-hydrogen) atoms. The lowest BCUT2D eigenvalue weighted by Crippen LogP contribution is -2.07. The second kappa shape index (κ2) is 3.45. The maximum atomic E-state index is 4.60. The first-order valence-corrected chi connectivity index (χ1v) is 5.72. The minimum atomic E-state index is 0.663. The lowest BCUT2D eigenvalue weighted by molar-refractivity contribution is 0.471. The van der Waals surface area contributed by atoms with E-state index in [1.807, 2.05) is 0 Å². The van der Waals surface area contributed by atoms with Crippen LogP contribution >= 0.6 is 15.9 Å². The summed E-state index contributed by atoms with van der Waals surface area (Å²) in [5.74, 6) is 0.663. The van der Waals surface area contributed by atoms with Crippen molar-refractivity contribution in [3.63, 3.8) is 0 Å². The number of nitrogens with zero attached hydrogens (tertiary/aromatic N) is 2. The number of aryl methyl sites for hydroxylation is 1. The molecule has 2 nitrogen and oxygen atoms in total. The van der Waals surface area contributed by atoms with Crippen LogP contribution in [0.4, 0.5) is 0 Å². The van der Waals surface area contributed by atoms with Crippen molar-refractivity contribution < 1.29 is 0 Å². The molecule has 0 aromatic carbocycles. The highest BCUT2D eigenvalue weighted by Crippen LogP contribution is 2.28. The molecule has 0 bridgehead atoms. The monoisotopic (exact) mass is 242 g/mol. The van der Waals surface area contributed by atoms with Crippen LogP contribution < -0.4 is 0 Å². The van der Waals surface area contributed by atoms with Crippen LogP contribution in [0.3, 0.4) is 0 Å². The van der Waals surface area contributed by atoms with Crippen molar-refractivity contribution in [3.8, 4) is 0 Å². The zero-order chi connectivity index (χ0) is 9.42. The fourth-order valence-corrected chi connectivity index (χ4v) is 2.52. The van der Waals surface area contributed by atoms with E-state index in [1.165, 1.54) is 35.1 Å². The Kier molecular flexibility index (Phi) is 2.45. The predicted octanol–water partition coefficient (Wildman–Crippen LogP) is 2.79. The maximum absolute atomic E-state index is 4.60. The maximum Gasteiger partial charge on any atom is 0.107 e. The molecule has 72 valence electrons. The first kappa shape index (κ1) is 9.25. The average Bonchev–Trinajstić information content (AvgIpc) is 2.56. The fraction of sp³-hybridized carbons (Fsp3) is 0.700. The number of hydrogen-bond donors (Lipinski definition) is 0. The first-order chi connectivity index (χ1) is 6.18. The summed E-state index contributed by atoms with van der Waals surface area (Å²) in [6.07, 6.45) is 3.64. The second-order valence-corrected chi connectivity index (χ2v) is 4.90. The molecule has 0 unspecified atom stereocenters. The smallest absolute Gasteiger partial charge is 0.107 e. The summed E-state index contributed by atoms with van der Waals surface area (Å²) in [6, 6.07) is 0. The topological polar surface area (TPSA) is 17.8 Å². The highest BCUT2D eigenvalue weighted by Gasteiger charge is 2.20. The van der Waals surface area contributed by atoms with Gasteiger partial charge in [-0.1, -0.05) is 13.8 Å². The van der Waals surface area contributed by atoms with E-state index >= 15 is 0 Å². The first-order valence-electron chi connectivity index (χ1n) is 4.92. The Morgan fingerprint density at radius 1 is 1.46 bits per heavy atom. The summed E-state index contributed by atoms with van der Waals surface area (Å²) in [6.45, 7) is 5.46. The minimum Gasteiger partial charge on any atom is -0.258 e. The molecular weight excluding hydrogens is 228 g/mol. The van der Waals surface area contributed by atoms with Gasteiger partial charge in [0.05, 0.1) is 5.69 Å². The summed E-state index contributed by atoms with van der Waals surface area (Å²) in [5, 5.41) is 4.60. The molecule has 1 heterocycles. The van der Waals surface area contributed by atoms with Gasteiger partial charge in [-0.05, 0) is 41.1 Å². The molecule has 1 aliphatic rings. The highest BCUT2D eigenvalue weighted by molar-refractivity contribution is 9.10. The molecule has 2 rings (SSSR count). The third-order valence-electron chi connectivity index (χ3n) is 2.44. The van der Waals surface area contributed by atoms with Crippen LogP contribution in [-0.4, -0.2) is 9.78 Å². The van der Waals surface area contributed by atoms with Gasteiger partial charge in [0, 0.05) is 12.1 Å². The SMILES string of the molecule is CC(C)Cn1nc2c(c1Br)CCC2. The Bertz CT molecular complexity index is 315. The van der Waals surface area contributed by atoms with Crippen molar-refractivity contribution in [3.05, 3.63) is 15.9 Å². The lowest BCUT2D eigenvalue weighted by atomic mass is 10.2. The van der Waals surface area contributed by atoms with E-state index in [2.05, 4.69) is 39.6 Å². The van der Waals surface area contributed by atoms with Crippen molar-refractivity contribution in [2.45, 2.75) is 39.7 Å². The third-order valence-corrected chi connectivity index (χ3v) is 3.33. The van der Waals surface area contributed by atoms with E-state index in [0.29, 0.717) is 5.92 Å². The predicted molar refractivity (Wildman–Crippen MR) is 56.8 cm³/mol. The van der Waals surface area contributed by atoms with Gasteiger partial charge in [0.15, 0.2) is 0 Å². The lowest BCUT2D eigenvalue weighted by Gasteiger charge is -2.06. The Hall–Kier alpha value is -0.310. The Morgan fingerprint density at radius 2 is 2.23 bits per heavy atom. The molecule has 0 amide bonds. The molecule has 0 spiro atoms. The molecule has 0 aliphatic heterocycles. The van der Waals surface area contributed by atoms with Gasteiger partial charge in [0.2, 0.25) is 0 Å². The number of fused-ring (bicyclic) bond motifs is 1. The summed E-state index contributed by atoms with van der Waals surface area (Å²) in [7, 11) is 0. The van der Waals surface area contributed by atoms with Crippen LogP contribution in [0.2, 0.25) is 0 Å². The van der Waals surface area contributed by atoms with Gasteiger partial charge in [-0.2, -0.15) is 5.10 Å². The Labute approximate surface area is 87.5 Å². The van der Waals surface area contributed by atoms with Crippen molar-refractivity contribution in [2.75, 3.05) is 0 Å². The molecule has 0 radical (unpaired) electrons. The molecular formula is C10H15BrN2. The molecule has 0 fully saturated rings. The van der Waals surface area contributed by atoms with E-state index < -0.39 is 0 Å². The molecule has 3 heteroatoms. The molecule has 1 aromatic heterocycles. The molecule has 0 atom stereocenters. The third kappa shape index (κ3) is 1.66. The van der Waals surface area contributed by atoms with E-state index in [0.717, 1.165) is 6.54 Å². The van der Waals surface area contributed by atoms with Gasteiger partial charge < -0.3 is 0 Å². The molecule has 0 saturated carbocycles. The molecule has 1 aliphatic carbocycles. The van der Waals surface area contributed by atoms with Crippen LogP contribution in [0.1, 0.15) is 31.5 Å². The normalized spacial score (nSPS) is 15.4. The van der Waals surface area contributed by atoms with Gasteiger partial charge in [0.1, 0.15) is 4.60 Å². The van der Waals surface area contributed by atoms with Gasteiger partial charge in [-0.15, -0.1) is 0 Å².